The average molecular weight is 395 g/mol. The summed E-state index contributed by atoms with van der Waals surface area (Å²) < 4.78 is 26.8. The van der Waals surface area contributed by atoms with Gasteiger partial charge in [-0.15, -0.1) is 0 Å². The van der Waals surface area contributed by atoms with Gasteiger partial charge in [-0.25, -0.2) is 8.42 Å². The molecular formula is C21H21N3O3S. The SMILES string of the molecule is Cc1cc(C(=O)NCc2cccnc2)ccc1N(C)S(=O)(=O)c1ccccc1. The first kappa shape index (κ1) is 19.6. The maximum Gasteiger partial charge on any atom is 0.264 e. The summed E-state index contributed by atoms with van der Waals surface area (Å²) in [6.07, 6.45) is 3.37. The van der Waals surface area contributed by atoms with E-state index in [1.54, 1.807) is 67.8 Å². The van der Waals surface area contributed by atoms with E-state index < -0.39 is 10.0 Å². The minimum atomic E-state index is -3.67. The number of anilines is 1. The second kappa shape index (κ2) is 8.22. The lowest BCUT2D eigenvalue weighted by Crippen LogP contribution is -2.27. The van der Waals surface area contributed by atoms with Crippen LogP contribution in [0.3, 0.4) is 0 Å². The van der Waals surface area contributed by atoms with Crippen molar-refractivity contribution < 1.29 is 13.2 Å². The van der Waals surface area contributed by atoms with Crippen molar-refractivity contribution in [3.8, 4) is 0 Å². The van der Waals surface area contributed by atoms with E-state index in [1.165, 1.54) is 11.4 Å². The van der Waals surface area contributed by atoms with Crippen LogP contribution in [-0.4, -0.2) is 26.4 Å². The molecule has 0 aliphatic heterocycles. The van der Waals surface area contributed by atoms with Gasteiger partial charge in [0.1, 0.15) is 0 Å². The minimum Gasteiger partial charge on any atom is -0.348 e. The molecule has 1 heterocycles. The fourth-order valence-corrected chi connectivity index (χ4v) is 4.10. The molecule has 0 atom stereocenters. The van der Waals surface area contributed by atoms with Crippen LogP contribution in [0.2, 0.25) is 0 Å². The molecule has 1 amide bonds. The number of sulfonamides is 1. The van der Waals surface area contributed by atoms with Gasteiger partial charge < -0.3 is 5.32 Å². The number of nitrogens with zero attached hydrogens (tertiary/aromatic N) is 2. The molecule has 7 heteroatoms. The van der Waals surface area contributed by atoms with Crippen LogP contribution >= 0.6 is 0 Å². The zero-order chi connectivity index (χ0) is 20.1. The molecule has 0 saturated carbocycles. The Morgan fingerprint density at radius 3 is 2.46 bits per heavy atom. The van der Waals surface area contributed by atoms with Gasteiger partial charge in [-0.1, -0.05) is 24.3 Å². The lowest BCUT2D eigenvalue weighted by Gasteiger charge is -2.22. The van der Waals surface area contributed by atoms with Gasteiger partial charge in [0.15, 0.2) is 0 Å². The molecule has 1 N–H and O–H groups in total. The van der Waals surface area contributed by atoms with Crippen LogP contribution in [0.25, 0.3) is 0 Å². The summed E-state index contributed by atoms with van der Waals surface area (Å²) in [5.41, 5.74) is 2.58. The number of carbonyl (C=O) groups is 1. The first-order chi connectivity index (χ1) is 13.4. The van der Waals surface area contributed by atoms with E-state index in [9.17, 15) is 13.2 Å². The van der Waals surface area contributed by atoms with Gasteiger partial charge >= 0.3 is 0 Å². The van der Waals surface area contributed by atoms with Crippen molar-refractivity contribution in [2.45, 2.75) is 18.4 Å². The number of rotatable bonds is 6. The normalized spacial score (nSPS) is 11.1. The topological polar surface area (TPSA) is 79.4 Å². The van der Waals surface area contributed by atoms with Crippen LogP contribution in [-0.2, 0) is 16.6 Å². The third-order valence-corrected chi connectivity index (χ3v) is 6.16. The number of pyridine rings is 1. The Morgan fingerprint density at radius 1 is 1.07 bits per heavy atom. The molecule has 3 aromatic rings. The molecule has 3 rings (SSSR count). The predicted octanol–water partition coefficient (Wildman–Crippen LogP) is 3.15. The van der Waals surface area contributed by atoms with Gasteiger partial charge in [-0.05, 0) is 54.4 Å². The number of benzene rings is 2. The van der Waals surface area contributed by atoms with E-state index in [-0.39, 0.29) is 10.8 Å². The van der Waals surface area contributed by atoms with Crippen molar-refractivity contribution in [3.63, 3.8) is 0 Å². The lowest BCUT2D eigenvalue weighted by molar-refractivity contribution is 0.0951. The van der Waals surface area contributed by atoms with Crippen molar-refractivity contribution in [2.75, 3.05) is 11.4 Å². The first-order valence-corrected chi connectivity index (χ1v) is 10.2. The van der Waals surface area contributed by atoms with E-state index in [4.69, 9.17) is 0 Å². The Bertz CT molecular complexity index is 1070. The number of nitrogens with one attached hydrogen (secondary N) is 1. The largest absolute Gasteiger partial charge is 0.348 e. The number of hydrogen-bond donors (Lipinski definition) is 1. The summed E-state index contributed by atoms with van der Waals surface area (Å²) >= 11 is 0. The molecule has 0 fully saturated rings. The molecular weight excluding hydrogens is 374 g/mol. The van der Waals surface area contributed by atoms with Crippen LogP contribution in [0, 0.1) is 6.92 Å². The summed E-state index contributed by atoms with van der Waals surface area (Å²) in [6.45, 7) is 2.15. The highest BCUT2D eigenvalue weighted by molar-refractivity contribution is 7.92. The summed E-state index contributed by atoms with van der Waals surface area (Å²) in [7, 11) is -2.16. The third-order valence-electron chi connectivity index (χ3n) is 4.38. The Kier molecular flexibility index (Phi) is 5.75. The summed E-state index contributed by atoms with van der Waals surface area (Å²) in [5.74, 6) is -0.230. The standard InChI is InChI=1S/C21H21N3O3S/c1-16-13-18(21(25)23-15-17-7-6-12-22-14-17)10-11-20(16)24(2)28(26,27)19-8-4-3-5-9-19/h3-14H,15H2,1-2H3,(H,23,25). The molecule has 0 radical (unpaired) electrons. The van der Waals surface area contributed by atoms with Gasteiger partial charge in [-0.2, -0.15) is 0 Å². The smallest absolute Gasteiger partial charge is 0.264 e. The van der Waals surface area contributed by atoms with E-state index in [0.29, 0.717) is 23.4 Å². The Morgan fingerprint density at radius 2 is 1.82 bits per heavy atom. The van der Waals surface area contributed by atoms with E-state index in [2.05, 4.69) is 10.3 Å². The molecule has 2 aromatic carbocycles. The zero-order valence-electron chi connectivity index (χ0n) is 15.7. The molecule has 0 unspecified atom stereocenters. The predicted molar refractivity (Wildman–Crippen MR) is 109 cm³/mol. The van der Waals surface area contributed by atoms with Crippen molar-refractivity contribution in [1.29, 1.82) is 0 Å². The van der Waals surface area contributed by atoms with E-state index >= 15 is 0 Å². The molecule has 0 spiro atoms. The molecule has 0 saturated heterocycles. The van der Waals surface area contributed by atoms with Gasteiger partial charge in [0.25, 0.3) is 15.9 Å². The number of aromatic nitrogens is 1. The highest BCUT2D eigenvalue weighted by atomic mass is 32.2. The second-order valence-electron chi connectivity index (χ2n) is 6.33. The van der Waals surface area contributed by atoms with Crippen LogP contribution in [0.1, 0.15) is 21.5 Å². The molecule has 6 nitrogen and oxygen atoms in total. The number of hydrogen-bond acceptors (Lipinski definition) is 4. The molecule has 0 bridgehead atoms. The van der Waals surface area contributed by atoms with E-state index in [1.807, 2.05) is 12.1 Å². The highest BCUT2D eigenvalue weighted by Crippen LogP contribution is 2.26. The third kappa shape index (κ3) is 4.20. The van der Waals surface area contributed by atoms with Crippen molar-refractivity contribution in [3.05, 3.63) is 89.7 Å². The molecule has 0 aliphatic carbocycles. The lowest BCUT2D eigenvalue weighted by atomic mass is 10.1. The fourth-order valence-electron chi connectivity index (χ4n) is 2.82. The van der Waals surface area contributed by atoms with Crippen LogP contribution in [0.5, 0.6) is 0 Å². The van der Waals surface area contributed by atoms with Crippen molar-refractivity contribution in [2.24, 2.45) is 0 Å². The first-order valence-electron chi connectivity index (χ1n) is 8.71. The number of aryl methyl sites for hydroxylation is 1. The van der Waals surface area contributed by atoms with Gasteiger partial charge in [-0.3, -0.25) is 14.1 Å². The summed E-state index contributed by atoms with van der Waals surface area (Å²) in [6, 6.07) is 16.9. The molecule has 28 heavy (non-hydrogen) atoms. The summed E-state index contributed by atoms with van der Waals surface area (Å²) in [5, 5.41) is 2.84. The molecule has 1 aromatic heterocycles. The number of carbonyl (C=O) groups excluding carboxylic acids is 1. The van der Waals surface area contributed by atoms with Crippen molar-refractivity contribution >= 4 is 21.6 Å². The summed E-state index contributed by atoms with van der Waals surface area (Å²) in [4.78, 5) is 16.6. The van der Waals surface area contributed by atoms with Crippen LogP contribution < -0.4 is 9.62 Å². The van der Waals surface area contributed by atoms with E-state index in [0.717, 1.165) is 5.56 Å². The monoisotopic (exact) mass is 395 g/mol. The number of amides is 1. The second-order valence-corrected chi connectivity index (χ2v) is 8.30. The van der Waals surface area contributed by atoms with Gasteiger partial charge in [0.05, 0.1) is 10.6 Å². The fraction of sp³-hybridized carbons (Fsp3) is 0.143. The molecule has 144 valence electrons. The van der Waals surface area contributed by atoms with Crippen LogP contribution in [0.4, 0.5) is 5.69 Å². The quantitative estimate of drug-likeness (QED) is 0.695. The Labute approximate surface area is 164 Å². The van der Waals surface area contributed by atoms with Gasteiger partial charge in [0.2, 0.25) is 0 Å². The Hall–Kier alpha value is -3.19. The molecule has 0 aliphatic rings. The van der Waals surface area contributed by atoms with Crippen molar-refractivity contribution in [1.82, 2.24) is 10.3 Å². The Balaban J connectivity index is 1.77. The minimum absolute atomic E-state index is 0.218. The zero-order valence-corrected chi connectivity index (χ0v) is 16.5. The highest BCUT2D eigenvalue weighted by Gasteiger charge is 2.22. The average Bonchev–Trinajstić information content (AvgIpc) is 2.72. The maximum atomic E-state index is 12.8. The van der Waals surface area contributed by atoms with Gasteiger partial charge in [0, 0.05) is 31.5 Å². The maximum absolute atomic E-state index is 12.8. The van der Waals surface area contributed by atoms with Crippen LogP contribution in [0.15, 0.2) is 78.0 Å².